The molecule has 0 spiro atoms. The number of hydrogen-bond donors (Lipinski definition) is 1. The minimum atomic E-state index is -0.886. The summed E-state index contributed by atoms with van der Waals surface area (Å²) >= 11 is 0. The molecule has 2 unspecified atom stereocenters. The van der Waals surface area contributed by atoms with Crippen LogP contribution in [0.1, 0.15) is 18.9 Å². The van der Waals surface area contributed by atoms with Crippen LogP contribution < -0.4 is 0 Å². The highest BCUT2D eigenvalue weighted by Crippen LogP contribution is 2.45. The number of hydrogen-bond acceptors (Lipinski definition) is 1. The van der Waals surface area contributed by atoms with Gasteiger partial charge in [-0.2, -0.15) is 0 Å². The van der Waals surface area contributed by atoms with Crippen molar-refractivity contribution in [3.8, 4) is 0 Å². The van der Waals surface area contributed by atoms with Crippen molar-refractivity contribution >= 4 is 0 Å². The first kappa shape index (κ1) is 9.59. The molecule has 0 radical (unpaired) electrons. The van der Waals surface area contributed by atoms with Gasteiger partial charge >= 0.3 is 0 Å². The molecule has 14 heavy (non-hydrogen) atoms. The van der Waals surface area contributed by atoms with E-state index in [1.54, 1.807) is 0 Å². The van der Waals surface area contributed by atoms with Crippen molar-refractivity contribution in [2.45, 2.75) is 25.4 Å². The first-order valence-corrected chi connectivity index (χ1v) is 4.68. The maximum atomic E-state index is 13.2. The first-order valence-electron chi connectivity index (χ1n) is 4.68. The zero-order valence-electron chi connectivity index (χ0n) is 7.93. The summed E-state index contributed by atoms with van der Waals surface area (Å²) in [7, 11) is 0. The predicted molar refractivity (Wildman–Crippen MR) is 48.8 cm³/mol. The van der Waals surface area contributed by atoms with E-state index >= 15 is 0 Å². The molecule has 1 aliphatic carbocycles. The summed E-state index contributed by atoms with van der Waals surface area (Å²) in [6.07, 6.45) is 0.702. The van der Waals surface area contributed by atoms with Crippen LogP contribution >= 0.6 is 0 Å². The number of rotatable bonds is 2. The molecule has 1 aromatic carbocycles. The van der Waals surface area contributed by atoms with Crippen LogP contribution in [0.2, 0.25) is 0 Å². The summed E-state index contributed by atoms with van der Waals surface area (Å²) in [5.74, 6) is -1.00. The standard InChI is InChI=1S/C11H12F2O/c1-7-5-11(7,14)6-8-9(12)3-2-4-10(8)13/h2-4,7,14H,5-6H2,1H3. The molecule has 2 rings (SSSR count). The lowest BCUT2D eigenvalue weighted by Crippen LogP contribution is -2.16. The van der Waals surface area contributed by atoms with Crippen LogP contribution in [0.3, 0.4) is 0 Å². The molecule has 1 aliphatic rings. The molecule has 0 amide bonds. The second kappa shape index (κ2) is 3.02. The number of benzene rings is 1. The van der Waals surface area contributed by atoms with Crippen molar-refractivity contribution in [1.82, 2.24) is 0 Å². The molecule has 2 atom stereocenters. The SMILES string of the molecule is CC1CC1(O)Cc1c(F)cccc1F. The maximum Gasteiger partial charge on any atom is 0.129 e. The molecule has 0 aromatic heterocycles. The van der Waals surface area contributed by atoms with E-state index in [9.17, 15) is 13.9 Å². The van der Waals surface area contributed by atoms with Gasteiger partial charge in [-0.1, -0.05) is 13.0 Å². The van der Waals surface area contributed by atoms with E-state index in [0.717, 1.165) is 0 Å². The molecule has 3 heteroatoms. The van der Waals surface area contributed by atoms with E-state index in [1.807, 2.05) is 6.92 Å². The molecule has 1 nitrogen and oxygen atoms in total. The average Bonchev–Trinajstić information content (AvgIpc) is 2.68. The highest BCUT2D eigenvalue weighted by Gasteiger charge is 2.50. The van der Waals surface area contributed by atoms with E-state index in [2.05, 4.69) is 0 Å². The fourth-order valence-electron chi connectivity index (χ4n) is 1.73. The second-order valence-electron chi connectivity index (χ2n) is 4.09. The van der Waals surface area contributed by atoms with Gasteiger partial charge in [-0.25, -0.2) is 8.78 Å². The summed E-state index contributed by atoms with van der Waals surface area (Å²) in [6.45, 7) is 1.87. The van der Waals surface area contributed by atoms with Crippen LogP contribution in [0.5, 0.6) is 0 Å². The number of aliphatic hydroxyl groups is 1. The third-order valence-corrected chi connectivity index (χ3v) is 2.96. The lowest BCUT2D eigenvalue weighted by molar-refractivity contribution is 0.132. The van der Waals surface area contributed by atoms with Crippen molar-refractivity contribution < 1.29 is 13.9 Å². The largest absolute Gasteiger partial charge is 0.389 e. The van der Waals surface area contributed by atoms with Crippen LogP contribution in [0.15, 0.2) is 18.2 Å². The third-order valence-electron chi connectivity index (χ3n) is 2.96. The molecule has 1 saturated carbocycles. The Morgan fingerprint density at radius 2 is 1.93 bits per heavy atom. The van der Waals surface area contributed by atoms with E-state index in [0.29, 0.717) is 6.42 Å². The Kier molecular flexibility index (Phi) is 2.07. The topological polar surface area (TPSA) is 20.2 Å². The molecular weight excluding hydrogens is 186 g/mol. The van der Waals surface area contributed by atoms with Gasteiger partial charge in [-0.05, 0) is 24.5 Å². The Morgan fingerprint density at radius 1 is 1.43 bits per heavy atom. The Bertz CT molecular complexity index is 344. The Morgan fingerprint density at radius 3 is 2.36 bits per heavy atom. The fourth-order valence-corrected chi connectivity index (χ4v) is 1.73. The van der Waals surface area contributed by atoms with Crippen LogP contribution in [0, 0.1) is 17.6 Å². The van der Waals surface area contributed by atoms with Crippen LogP contribution in [0.4, 0.5) is 8.78 Å². The third kappa shape index (κ3) is 1.52. The van der Waals surface area contributed by atoms with Gasteiger partial charge in [0.15, 0.2) is 0 Å². The Labute approximate surface area is 81.4 Å². The van der Waals surface area contributed by atoms with Crippen molar-refractivity contribution in [1.29, 1.82) is 0 Å². The lowest BCUT2D eigenvalue weighted by Gasteiger charge is -2.10. The Balaban J connectivity index is 2.25. The molecular formula is C11H12F2O. The Hall–Kier alpha value is -0.960. The smallest absolute Gasteiger partial charge is 0.129 e. The molecule has 0 bridgehead atoms. The minimum Gasteiger partial charge on any atom is -0.389 e. The summed E-state index contributed by atoms with van der Waals surface area (Å²) < 4.78 is 26.4. The summed E-state index contributed by atoms with van der Waals surface area (Å²) in [5, 5.41) is 9.77. The minimum absolute atomic E-state index is 0.000602. The summed E-state index contributed by atoms with van der Waals surface area (Å²) in [6, 6.07) is 3.76. The predicted octanol–water partition coefficient (Wildman–Crippen LogP) is 2.28. The van der Waals surface area contributed by atoms with Gasteiger partial charge in [-0.3, -0.25) is 0 Å². The van der Waals surface area contributed by atoms with E-state index in [4.69, 9.17) is 0 Å². The molecule has 0 heterocycles. The molecule has 1 aromatic rings. The molecule has 1 fully saturated rings. The second-order valence-corrected chi connectivity index (χ2v) is 4.09. The zero-order valence-corrected chi connectivity index (χ0v) is 7.93. The van der Waals surface area contributed by atoms with Crippen LogP contribution in [-0.2, 0) is 6.42 Å². The molecule has 1 N–H and O–H groups in total. The summed E-state index contributed by atoms with van der Waals surface area (Å²) in [5.41, 5.74) is -0.886. The van der Waals surface area contributed by atoms with Gasteiger partial charge in [0.25, 0.3) is 0 Å². The van der Waals surface area contributed by atoms with Crippen molar-refractivity contribution in [2.24, 2.45) is 5.92 Å². The van der Waals surface area contributed by atoms with E-state index < -0.39 is 17.2 Å². The van der Waals surface area contributed by atoms with E-state index in [-0.39, 0.29) is 17.9 Å². The van der Waals surface area contributed by atoms with Crippen LogP contribution in [-0.4, -0.2) is 10.7 Å². The monoisotopic (exact) mass is 198 g/mol. The van der Waals surface area contributed by atoms with Gasteiger partial charge in [0.05, 0.1) is 5.60 Å². The van der Waals surface area contributed by atoms with Gasteiger partial charge in [0, 0.05) is 12.0 Å². The summed E-state index contributed by atoms with van der Waals surface area (Å²) in [4.78, 5) is 0. The van der Waals surface area contributed by atoms with Crippen molar-refractivity contribution in [2.75, 3.05) is 0 Å². The lowest BCUT2D eigenvalue weighted by atomic mass is 10.0. The maximum absolute atomic E-state index is 13.2. The zero-order chi connectivity index (χ0) is 10.3. The van der Waals surface area contributed by atoms with Crippen molar-refractivity contribution in [3.05, 3.63) is 35.4 Å². The highest BCUT2D eigenvalue weighted by atomic mass is 19.1. The normalized spacial score (nSPS) is 30.4. The quantitative estimate of drug-likeness (QED) is 0.773. The average molecular weight is 198 g/mol. The molecule has 76 valence electrons. The van der Waals surface area contributed by atoms with Crippen molar-refractivity contribution in [3.63, 3.8) is 0 Å². The molecule has 0 aliphatic heterocycles. The highest BCUT2D eigenvalue weighted by molar-refractivity contribution is 5.24. The van der Waals surface area contributed by atoms with Crippen LogP contribution in [0.25, 0.3) is 0 Å². The van der Waals surface area contributed by atoms with Gasteiger partial charge in [0.2, 0.25) is 0 Å². The molecule has 0 saturated heterocycles. The first-order chi connectivity index (χ1) is 6.53. The van der Waals surface area contributed by atoms with Gasteiger partial charge in [0.1, 0.15) is 11.6 Å². The van der Waals surface area contributed by atoms with Gasteiger partial charge in [-0.15, -0.1) is 0 Å². The van der Waals surface area contributed by atoms with Gasteiger partial charge < -0.3 is 5.11 Å². The fraction of sp³-hybridized carbons (Fsp3) is 0.455. The van der Waals surface area contributed by atoms with E-state index in [1.165, 1.54) is 18.2 Å². The number of halogens is 2.